The van der Waals surface area contributed by atoms with Gasteiger partial charge in [0.15, 0.2) is 66.5 Å². The van der Waals surface area contributed by atoms with Crippen molar-refractivity contribution in [2.45, 2.75) is 224 Å². The summed E-state index contributed by atoms with van der Waals surface area (Å²) < 4.78 is 54.7. The fourth-order valence-corrected chi connectivity index (χ4v) is 74.9. The van der Waals surface area contributed by atoms with E-state index < -0.39 is 109 Å². The number of hydrogen-bond acceptors (Lipinski definition) is 17. The Labute approximate surface area is 719 Å². The van der Waals surface area contributed by atoms with Gasteiger partial charge in [0.05, 0.1) is 0 Å². The smallest absolute Gasteiger partial charge is 0.386 e. The molecule has 0 spiro atoms. The fraction of sp³-hybridized carbons (Fsp3) is 0.512. The van der Waals surface area contributed by atoms with Crippen LogP contribution in [0.3, 0.4) is 0 Å². The zero-order valence-electron chi connectivity index (χ0n) is 75.6. The Hall–Kier alpha value is -3.32. The SMILES string of the molecule is CCC[Si](C)(C)O[Si](O[Si](C)(C)CCN)(c1ccccc1)c1ccccc1.C[Si](C)(CCCN)O[Si](C)(C)CCCN.C[Si](C)(CCN)O[Si](C)(C)O[Si](C)(C)CCN.C[Si](C)(CCN)O[Si](C)(O[Si](C)(C)CCN)c1ccccc1.NCCC[Si](O[Si](CCCN)(c1ccccc1)c1ccccc1)(c1ccccc1)c1ccccc1. The zero-order chi connectivity index (χ0) is 86.9. The van der Waals surface area contributed by atoms with Gasteiger partial charge in [0.2, 0.25) is 16.6 Å². The Bertz CT molecular complexity index is 3420. The molecule has 0 radical (unpaired) electrons. The van der Waals surface area contributed by atoms with Gasteiger partial charge in [-0.2, -0.15) is 0 Å². The van der Waals surface area contributed by atoms with E-state index in [0.29, 0.717) is 45.8 Å². The number of benzene rings is 7. The van der Waals surface area contributed by atoms with Crippen molar-refractivity contribution in [2.24, 2.45) is 51.6 Å². The number of nitrogens with two attached hydrogens (primary N) is 9. The Balaban J connectivity index is 0.000000389. The summed E-state index contributed by atoms with van der Waals surface area (Å²) in [6.07, 6.45) is 5.17. The normalized spacial score (nSPS) is 12.9. The van der Waals surface area contributed by atoms with Crippen molar-refractivity contribution in [3.05, 3.63) is 212 Å². The molecule has 0 aliphatic carbocycles. The monoisotopic (exact) mass is 1810 g/mol. The molecule has 0 saturated carbocycles. The van der Waals surface area contributed by atoms with E-state index in [1.807, 2.05) is 6.07 Å². The highest BCUT2D eigenvalue weighted by atomic mass is 28.5. The molecule has 0 bridgehead atoms. The van der Waals surface area contributed by atoms with E-state index in [0.717, 1.165) is 93.5 Å². The predicted molar refractivity (Wildman–Crippen MR) is 536 cm³/mol. The summed E-state index contributed by atoms with van der Waals surface area (Å²) >= 11 is 0. The quantitative estimate of drug-likeness (QED) is 0.0160. The van der Waals surface area contributed by atoms with Crippen LogP contribution in [-0.4, -0.2) is 168 Å². The highest BCUT2D eigenvalue weighted by Gasteiger charge is 2.52. The van der Waals surface area contributed by atoms with Crippen LogP contribution in [0.5, 0.6) is 0 Å². The van der Waals surface area contributed by atoms with Crippen molar-refractivity contribution in [1.82, 2.24) is 0 Å². The van der Waals surface area contributed by atoms with Gasteiger partial charge >= 0.3 is 25.7 Å². The van der Waals surface area contributed by atoms with E-state index in [4.69, 9.17) is 84.5 Å². The van der Waals surface area contributed by atoms with Crippen LogP contribution in [0.15, 0.2) is 212 Å². The molecule has 0 atom stereocenters. The predicted octanol–water partition coefficient (Wildman–Crippen LogP) is 13.8. The highest BCUT2D eigenvalue weighted by molar-refractivity contribution is 7.09. The summed E-state index contributed by atoms with van der Waals surface area (Å²) in [6.45, 7) is 51.2. The molecular formula is C86H161N9O8Si13. The van der Waals surface area contributed by atoms with Crippen molar-refractivity contribution in [3.63, 3.8) is 0 Å². The Morgan fingerprint density at radius 1 is 0.198 bits per heavy atom. The van der Waals surface area contributed by atoms with Crippen molar-refractivity contribution < 1.29 is 32.9 Å². The molecule has 7 rings (SSSR count). The van der Waals surface area contributed by atoms with Crippen LogP contribution in [0.4, 0.5) is 0 Å². The average Bonchev–Trinajstić information content (AvgIpc) is 0.732. The summed E-state index contributed by atoms with van der Waals surface area (Å²) in [5.41, 5.74) is 52.0. The van der Waals surface area contributed by atoms with Gasteiger partial charge in [-0.25, -0.2) is 0 Å². The summed E-state index contributed by atoms with van der Waals surface area (Å²) in [5.74, 6) is 0. The standard InChI is InChI=1S/C30H36N2OSi2.C21H35NO2Si3.C15H32N2O2Si3.C10H30N2O2Si3.C10H28N2OSi2/c31-23-13-25-34(27-15-5-1-6-16-27,28-17-7-2-8-18-28)33-35(26-14-24-32,29-19-9-3-10-20-29)30-21-11-4-12-22-30;1-6-18-25(2,3)23-27(20-13-9-7-10-14-20,21-15-11-8-12-16-21)24-26(4,5)19-17-22;1-20(2,13-11-16)18-22(5,15-9-7-6-8-10-15)19-21(3,4)14-12-17;1-15(2,9-7-11)13-17(5,6)14-16(3,4)10-8-12;1-14(2,9-5-7-11)13-15(3,4)10-6-8-12/h1-12,15-22H,13-14,23-26,31-32H2;7-16H,6,17-19,22H2,1-5H3;6-10H,11-14,16-17H2,1-5H3;7-12H2,1-6H3;5-12H2,1-4H3. The number of hydrogen-bond donors (Lipinski definition) is 9. The van der Waals surface area contributed by atoms with Gasteiger partial charge in [-0.15, -0.1) is 0 Å². The molecule has 7 aromatic carbocycles. The third kappa shape index (κ3) is 38.2. The van der Waals surface area contributed by atoms with E-state index in [-0.39, 0.29) is 0 Å². The van der Waals surface area contributed by atoms with Crippen LogP contribution in [0.1, 0.15) is 39.0 Å². The lowest BCUT2D eigenvalue weighted by Crippen LogP contribution is -2.73. The maximum absolute atomic E-state index is 7.94. The zero-order valence-corrected chi connectivity index (χ0v) is 88.6. The van der Waals surface area contributed by atoms with E-state index in [2.05, 4.69) is 338 Å². The highest BCUT2D eigenvalue weighted by Crippen LogP contribution is 2.31. The third-order valence-electron chi connectivity index (χ3n) is 20.3. The van der Waals surface area contributed by atoms with Crippen LogP contribution in [0, 0.1) is 0 Å². The molecule has 18 N–H and O–H groups in total. The molecule has 0 aromatic heterocycles. The summed E-state index contributed by atoms with van der Waals surface area (Å²) in [6, 6.07) is 85.4. The molecule has 0 amide bonds. The summed E-state index contributed by atoms with van der Waals surface area (Å²) in [4.78, 5) is 0. The first-order valence-corrected chi connectivity index (χ1v) is 78.9. The van der Waals surface area contributed by atoms with Crippen molar-refractivity contribution in [1.29, 1.82) is 0 Å². The van der Waals surface area contributed by atoms with Gasteiger partial charge in [0.25, 0.3) is 0 Å². The first kappa shape index (κ1) is 107. The molecule has 30 heteroatoms. The maximum atomic E-state index is 7.94. The molecule has 0 aliphatic rings. The lowest BCUT2D eigenvalue weighted by Gasteiger charge is -2.43. The van der Waals surface area contributed by atoms with E-state index in [1.165, 1.54) is 48.4 Å². The Kier molecular flexibility index (Phi) is 47.6. The summed E-state index contributed by atoms with van der Waals surface area (Å²) in [7, 11) is -26.5. The molecule has 0 heterocycles. The van der Waals surface area contributed by atoms with Gasteiger partial charge < -0.3 is 84.5 Å². The third-order valence-corrected chi connectivity index (χ3v) is 73.2. The van der Waals surface area contributed by atoms with Gasteiger partial charge in [-0.05, 0) is 306 Å². The molecular weight excluding hydrogens is 1650 g/mol. The second-order valence-corrected chi connectivity index (χ2v) is 89.0. The molecule has 0 unspecified atom stereocenters. The van der Waals surface area contributed by atoms with Crippen molar-refractivity contribution >= 4 is 145 Å². The van der Waals surface area contributed by atoms with Gasteiger partial charge in [-0.3, -0.25) is 0 Å². The van der Waals surface area contributed by atoms with E-state index in [1.54, 1.807) is 0 Å². The lowest BCUT2D eigenvalue weighted by atomic mass is 10.4. The Morgan fingerprint density at radius 2 is 0.405 bits per heavy atom. The second kappa shape index (κ2) is 51.7. The average molecular weight is 1810 g/mol. The van der Waals surface area contributed by atoms with Crippen LogP contribution in [-0.2, 0) is 32.9 Å². The molecule has 0 aliphatic heterocycles. The van der Waals surface area contributed by atoms with Crippen LogP contribution >= 0.6 is 0 Å². The maximum Gasteiger partial charge on any atom is 0.386 e. The van der Waals surface area contributed by atoms with Crippen molar-refractivity contribution in [3.8, 4) is 0 Å². The molecule has 650 valence electrons. The Morgan fingerprint density at radius 3 is 0.647 bits per heavy atom. The fourth-order valence-electron chi connectivity index (χ4n) is 15.4. The minimum absolute atomic E-state index is 0.645. The van der Waals surface area contributed by atoms with Crippen LogP contribution in [0.2, 0.25) is 185 Å². The largest absolute Gasteiger partial charge is 0.455 e. The first-order valence-electron chi connectivity index (χ1n) is 42.8. The van der Waals surface area contributed by atoms with Gasteiger partial charge in [-0.1, -0.05) is 226 Å². The van der Waals surface area contributed by atoms with Crippen LogP contribution < -0.4 is 87.9 Å². The van der Waals surface area contributed by atoms with Crippen molar-refractivity contribution in [2.75, 3.05) is 58.9 Å². The molecule has 116 heavy (non-hydrogen) atoms. The first-order chi connectivity index (χ1) is 54.5. The lowest BCUT2D eigenvalue weighted by molar-refractivity contribution is 0.388. The molecule has 0 saturated heterocycles. The number of rotatable bonds is 47. The van der Waals surface area contributed by atoms with Gasteiger partial charge in [0, 0.05) is 0 Å². The molecule has 17 nitrogen and oxygen atoms in total. The minimum atomic E-state index is -2.83. The van der Waals surface area contributed by atoms with Gasteiger partial charge in [0.1, 0.15) is 0 Å². The van der Waals surface area contributed by atoms with E-state index >= 15 is 0 Å². The second-order valence-electron chi connectivity index (χ2n) is 36.1. The summed E-state index contributed by atoms with van der Waals surface area (Å²) in [5, 5.41) is 8.81. The molecule has 0 fully saturated rings. The van der Waals surface area contributed by atoms with Crippen LogP contribution in [0.25, 0.3) is 0 Å². The topological polar surface area (TPSA) is 308 Å². The minimum Gasteiger partial charge on any atom is -0.455 e. The molecule has 7 aromatic rings. The van der Waals surface area contributed by atoms with E-state index in [9.17, 15) is 0 Å².